The van der Waals surface area contributed by atoms with Crippen molar-refractivity contribution in [2.45, 2.75) is 31.2 Å². The number of primary amides is 1. The molecule has 0 aliphatic carbocycles. The Morgan fingerprint density at radius 3 is 2.76 bits per heavy atom. The molecule has 0 fully saturated rings. The quantitative estimate of drug-likeness (QED) is 0.581. The van der Waals surface area contributed by atoms with Gasteiger partial charge in [0.2, 0.25) is 5.91 Å². The molecule has 96 valence electrons. The molecule has 1 rings (SSSR count). The number of carbonyl (C=O) groups excluding carboxylic acids is 1. The second kappa shape index (κ2) is 5.78. The van der Waals surface area contributed by atoms with Crippen LogP contribution in [0.15, 0.2) is 11.2 Å². The van der Waals surface area contributed by atoms with Gasteiger partial charge in [0, 0.05) is 13.0 Å². The van der Waals surface area contributed by atoms with Gasteiger partial charge in [0.05, 0.1) is 6.20 Å². The van der Waals surface area contributed by atoms with E-state index in [1.54, 1.807) is 6.92 Å². The second-order valence-electron chi connectivity index (χ2n) is 3.65. The molecule has 8 heteroatoms. The van der Waals surface area contributed by atoms with Crippen LogP contribution in [-0.4, -0.2) is 30.8 Å². The van der Waals surface area contributed by atoms with Crippen LogP contribution in [0.4, 0.5) is 0 Å². The van der Waals surface area contributed by atoms with Crippen LogP contribution in [-0.2, 0) is 14.8 Å². The molecule has 0 saturated heterocycles. The van der Waals surface area contributed by atoms with E-state index < -0.39 is 10.0 Å². The van der Waals surface area contributed by atoms with E-state index in [9.17, 15) is 13.2 Å². The molecule has 0 aliphatic rings. The first-order chi connectivity index (χ1) is 7.92. The summed E-state index contributed by atoms with van der Waals surface area (Å²) >= 11 is 0. The van der Waals surface area contributed by atoms with Crippen molar-refractivity contribution in [3.63, 3.8) is 0 Å². The van der Waals surface area contributed by atoms with Gasteiger partial charge in [0.1, 0.15) is 5.82 Å². The van der Waals surface area contributed by atoms with Crippen molar-refractivity contribution in [1.29, 1.82) is 0 Å². The third-order valence-electron chi connectivity index (χ3n) is 2.11. The maximum Gasteiger partial charge on any atom is 0.257 e. The number of aryl methyl sites for hydroxylation is 1. The molecular weight excluding hydrogens is 244 g/mol. The molecular formula is C9H16N4O3S. The minimum atomic E-state index is -3.52. The predicted molar refractivity (Wildman–Crippen MR) is 61.6 cm³/mol. The number of imidazole rings is 1. The molecule has 1 aromatic heterocycles. The Morgan fingerprint density at radius 1 is 1.53 bits per heavy atom. The maximum atomic E-state index is 11.7. The molecule has 0 spiro atoms. The zero-order valence-electron chi connectivity index (χ0n) is 9.56. The summed E-state index contributed by atoms with van der Waals surface area (Å²) in [5.41, 5.74) is 4.96. The van der Waals surface area contributed by atoms with Gasteiger partial charge in [-0.2, -0.15) is 0 Å². The van der Waals surface area contributed by atoms with Crippen molar-refractivity contribution in [3.8, 4) is 0 Å². The largest absolute Gasteiger partial charge is 0.370 e. The topological polar surface area (TPSA) is 118 Å². The minimum absolute atomic E-state index is 0.0462. The number of nitrogens with one attached hydrogen (secondary N) is 2. The second-order valence-corrected chi connectivity index (χ2v) is 5.39. The monoisotopic (exact) mass is 260 g/mol. The van der Waals surface area contributed by atoms with Crippen LogP contribution in [0.1, 0.15) is 25.1 Å². The van der Waals surface area contributed by atoms with Gasteiger partial charge in [0.15, 0.2) is 5.03 Å². The van der Waals surface area contributed by atoms with Crippen LogP contribution >= 0.6 is 0 Å². The summed E-state index contributed by atoms with van der Waals surface area (Å²) in [7, 11) is -3.52. The fourth-order valence-corrected chi connectivity index (χ4v) is 2.29. The molecule has 1 heterocycles. The maximum absolute atomic E-state index is 11.7. The van der Waals surface area contributed by atoms with Crippen molar-refractivity contribution in [3.05, 3.63) is 12.0 Å². The van der Waals surface area contributed by atoms with Crippen molar-refractivity contribution >= 4 is 15.9 Å². The first-order valence-corrected chi connectivity index (χ1v) is 6.70. The lowest BCUT2D eigenvalue weighted by molar-refractivity contribution is -0.118. The summed E-state index contributed by atoms with van der Waals surface area (Å²) < 4.78 is 25.7. The average molecular weight is 260 g/mol. The number of amides is 1. The van der Waals surface area contributed by atoms with Gasteiger partial charge in [0.25, 0.3) is 10.0 Å². The van der Waals surface area contributed by atoms with Gasteiger partial charge in [-0.1, -0.05) is 0 Å². The Kier molecular flexibility index (Phi) is 4.64. The van der Waals surface area contributed by atoms with E-state index >= 15 is 0 Å². The molecule has 0 aromatic carbocycles. The lowest BCUT2D eigenvalue weighted by Crippen LogP contribution is -2.25. The molecule has 7 nitrogen and oxygen atoms in total. The molecule has 0 unspecified atom stereocenters. The van der Waals surface area contributed by atoms with E-state index in [4.69, 9.17) is 5.73 Å². The number of hydrogen-bond acceptors (Lipinski definition) is 4. The zero-order valence-corrected chi connectivity index (χ0v) is 10.4. The average Bonchev–Trinajstić information content (AvgIpc) is 2.64. The lowest BCUT2D eigenvalue weighted by Gasteiger charge is -2.03. The number of unbranched alkanes of at least 4 members (excludes halogenated alkanes) is 1. The Balaban J connectivity index is 2.38. The van der Waals surface area contributed by atoms with Gasteiger partial charge >= 0.3 is 0 Å². The summed E-state index contributed by atoms with van der Waals surface area (Å²) in [6, 6.07) is 0. The molecule has 1 aromatic rings. The molecule has 0 atom stereocenters. The van der Waals surface area contributed by atoms with Gasteiger partial charge in [-0.3, -0.25) is 4.79 Å². The highest BCUT2D eigenvalue weighted by molar-refractivity contribution is 7.89. The normalized spacial score (nSPS) is 11.6. The first-order valence-electron chi connectivity index (χ1n) is 5.21. The van der Waals surface area contributed by atoms with E-state index in [1.807, 2.05) is 0 Å². The number of carbonyl (C=O) groups is 1. The molecule has 0 aliphatic heterocycles. The van der Waals surface area contributed by atoms with Crippen molar-refractivity contribution in [2.24, 2.45) is 5.73 Å². The number of hydrogen-bond donors (Lipinski definition) is 3. The summed E-state index contributed by atoms with van der Waals surface area (Å²) in [6.07, 6.45) is 2.67. The summed E-state index contributed by atoms with van der Waals surface area (Å²) in [6.45, 7) is 1.94. The zero-order chi connectivity index (χ0) is 12.9. The lowest BCUT2D eigenvalue weighted by atomic mass is 10.2. The van der Waals surface area contributed by atoms with Crippen LogP contribution in [0.2, 0.25) is 0 Å². The van der Waals surface area contributed by atoms with E-state index in [0.29, 0.717) is 18.7 Å². The van der Waals surface area contributed by atoms with E-state index in [1.165, 1.54) is 6.20 Å². The Labute approximate surface area is 99.9 Å². The van der Waals surface area contributed by atoms with Crippen LogP contribution in [0.3, 0.4) is 0 Å². The standard InChI is InChI=1S/C9H16N4O3S/c1-7-11-6-9(13-7)17(15,16)12-5-3-2-4-8(10)14/h6,12H,2-5H2,1H3,(H2,10,14)(H,11,13). The number of rotatable bonds is 7. The van der Waals surface area contributed by atoms with Crippen LogP contribution in [0.5, 0.6) is 0 Å². The third-order valence-corrected chi connectivity index (χ3v) is 3.48. The molecule has 1 amide bonds. The predicted octanol–water partition coefficient (Wildman–Crippen LogP) is -0.348. The highest BCUT2D eigenvalue weighted by atomic mass is 32.2. The molecule has 0 radical (unpaired) electrons. The highest BCUT2D eigenvalue weighted by Crippen LogP contribution is 2.04. The van der Waals surface area contributed by atoms with E-state index in [-0.39, 0.29) is 23.9 Å². The number of H-pyrrole nitrogens is 1. The van der Waals surface area contributed by atoms with Crippen molar-refractivity contribution in [1.82, 2.24) is 14.7 Å². The number of aromatic nitrogens is 2. The SMILES string of the molecule is Cc1ncc(S(=O)(=O)NCCCCC(N)=O)[nH]1. The molecule has 0 bridgehead atoms. The van der Waals surface area contributed by atoms with Gasteiger partial charge < -0.3 is 10.7 Å². The molecule has 4 N–H and O–H groups in total. The number of nitrogens with two attached hydrogens (primary N) is 1. The first kappa shape index (κ1) is 13.7. The fourth-order valence-electron chi connectivity index (χ4n) is 1.24. The van der Waals surface area contributed by atoms with Gasteiger partial charge in [-0.25, -0.2) is 18.1 Å². The van der Waals surface area contributed by atoms with Crippen LogP contribution < -0.4 is 10.5 Å². The smallest absolute Gasteiger partial charge is 0.257 e. The van der Waals surface area contributed by atoms with Crippen molar-refractivity contribution in [2.75, 3.05) is 6.54 Å². The minimum Gasteiger partial charge on any atom is -0.370 e. The number of aromatic amines is 1. The summed E-state index contributed by atoms with van der Waals surface area (Å²) in [4.78, 5) is 16.9. The number of sulfonamides is 1. The van der Waals surface area contributed by atoms with E-state index in [2.05, 4.69) is 14.7 Å². The molecule has 17 heavy (non-hydrogen) atoms. The Bertz CT molecular complexity index is 480. The molecule has 0 saturated carbocycles. The highest BCUT2D eigenvalue weighted by Gasteiger charge is 2.15. The van der Waals surface area contributed by atoms with E-state index in [0.717, 1.165) is 0 Å². The summed E-state index contributed by atoms with van der Waals surface area (Å²) in [5, 5.41) is 0.0462. The van der Waals surface area contributed by atoms with Crippen LogP contribution in [0, 0.1) is 6.92 Å². The fraction of sp³-hybridized carbons (Fsp3) is 0.556. The van der Waals surface area contributed by atoms with Gasteiger partial charge in [-0.15, -0.1) is 0 Å². The third kappa shape index (κ3) is 4.53. The van der Waals surface area contributed by atoms with Gasteiger partial charge in [-0.05, 0) is 19.8 Å². The number of nitrogens with zero attached hydrogens (tertiary/aromatic N) is 1. The van der Waals surface area contributed by atoms with Crippen molar-refractivity contribution < 1.29 is 13.2 Å². The Hall–Kier alpha value is -1.41. The Morgan fingerprint density at radius 2 is 2.24 bits per heavy atom. The summed E-state index contributed by atoms with van der Waals surface area (Å²) in [5.74, 6) is 0.163. The van der Waals surface area contributed by atoms with Crippen LogP contribution in [0.25, 0.3) is 0 Å².